The van der Waals surface area contributed by atoms with Crippen molar-refractivity contribution in [3.05, 3.63) is 107 Å². The van der Waals surface area contributed by atoms with Crippen molar-refractivity contribution in [1.82, 2.24) is 5.43 Å². The van der Waals surface area contributed by atoms with Gasteiger partial charge in [-0.3, -0.25) is 4.79 Å². The molecule has 0 aromatic heterocycles. The summed E-state index contributed by atoms with van der Waals surface area (Å²) in [4.78, 5) is 12.5. The van der Waals surface area contributed by atoms with Gasteiger partial charge in [0.25, 0.3) is 5.91 Å². The summed E-state index contributed by atoms with van der Waals surface area (Å²) in [5.74, 6) is 0.857. The molecule has 0 saturated heterocycles. The van der Waals surface area contributed by atoms with Crippen LogP contribution in [0.1, 0.15) is 27.0 Å². The molecule has 0 fully saturated rings. The van der Waals surface area contributed by atoms with Gasteiger partial charge in [-0.2, -0.15) is 5.10 Å². The predicted octanol–water partition coefficient (Wildman–Crippen LogP) is 5.50. The summed E-state index contributed by atoms with van der Waals surface area (Å²) in [7, 11) is 1.54. The fraction of sp³-hybridized carbons (Fsp3) is 0.111. The summed E-state index contributed by atoms with van der Waals surface area (Å²) in [5.41, 5.74) is 5.88. The number of carbonyl (C=O) groups is 1. The zero-order chi connectivity index (χ0) is 22.3. The van der Waals surface area contributed by atoms with Gasteiger partial charge in [0.2, 0.25) is 0 Å². The molecule has 4 aromatic rings. The van der Waals surface area contributed by atoms with Crippen molar-refractivity contribution in [2.24, 2.45) is 5.10 Å². The maximum Gasteiger partial charge on any atom is 0.275 e. The predicted molar refractivity (Wildman–Crippen MR) is 128 cm³/mol. The van der Waals surface area contributed by atoms with Gasteiger partial charge >= 0.3 is 0 Å². The molecule has 0 bridgehead atoms. The highest BCUT2D eigenvalue weighted by Gasteiger charge is 2.11. The Labute approximate surface area is 187 Å². The van der Waals surface area contributed by atoms with E-state index in [2.05, 4.69) is 34.8 Å². The second-order valence-corrected chi connectivity index (χ2v) is 7.37. The molecule has 0 aliphatic rings. The molecular weight excluding hydrogens is 400 g/mol. The van der Waals surface area contributed by atoms with E-state index in [1.807, 2.05) is 61.5 Å². The van der Waals surface area contributed by atoms with Crippen LogP contribution < -0.4 is 14.9 Å². The normalized spacial score (nSPS) is 10.9. The van der Waals surface area contributed by atoms with Crippen molar-refractivity contribution in [3.63, 3.8) is 0 Å². The summed E-state index contributed by atoms with van der Waals surface area (Å²) >= 11 is 0. The monoisotopic (exact) mass is 424 g/mol. The number of fused-ring (bicyclic) bond motifs is 1. The number of aryl methyl sites for hydroxylation is 1. The van der Waals surface area contributed by atoms with Crippen molar-refractivity contribution < 1.29 is 14.3 Å². The average molecular weight is 425 g/mol. The Bertz CT molecular complexity index is 1280. The number of hydrogen-bond acceptors (Lipinski definition) is 4. The number of methoxy groups -OCH3 is 1. The van der Waals surface area contributed by atoms with Gasteiger partial charge in [0.05, 0.1) is 18.9 Å². The lowest BCUT2D eigenvalue weighted by molar-refractivity contribution is 0.0952. The number of benzene rings is 4. The van der Waals surface area contributed by atoms with E-state index in [9.17, 15) is 4.79 Å². The first kappa shape index (κ1) is 21.1. The van der Waals surface area contributed by atoms with Crippen molar-refractivity contribution >= 4 is 22.9 Å². The van der Waals surface area contributed by atoms with Crippen molar-refractivity contribution in [2.75, 3.05) is 7.11 Å². The van der Waals surface area contributed by atoms with E-state index in [0.29, 0.717) is 23.7 Å². The highest BCUT2D eigenvalue weighted by molar-refractivity contribution is 5.97. The Kier molecular flexibility index (Phi) is 6.46. The van der Waals surface area contributed by atoms with E-state index < -0.39 is 0 Å². The Morgan fingerprint density at radius 3 is 2.59 bits per heavy atom. The fourth-order valence-electron chi connectivity index (χ4n) is 3.50. The molecule has 1 N–H and O–H groups in total. The molecule has 0 aliphatic carbocycles. The third-order valence-electron chi connectivity index (χ3n) is 5.15. The molecule has 5 nitrogen and oxygen atoms in total. The van der Waals surface area contributed by atoms with Gasteiger partial charge < -0.3 is 9.47 Å². The minimum atomic E-state index is -0.341. The maximum atomic E-state index is 12.5. The Hall–Kier alpha value is -4.12. The highest BCUT2D eigenvalue weighted by Crippen LogP contribution is 2.23. The number of nitrogens with zero attached hydrogens (tertiary/aromatic N) is 1. The SMILES string of the molecule is COc1cc(C)ccc1C(=O)N/N=C\c1ccccc1OCc1cccc2ccccc12. The van der Waals surface area contributed by atoms with E-state index in [-0.39, 0.29) is 5.91 Å². The third-order valence-corrected chi connectivity index (χ3v) is 5.15. The molecule has 4 aromatic carbocycles. The summed E-state index contributed by atoms with van der Waals surface area (Å²) < 4.78 is 11.4. The van der Waals surface area contributed by atoms with Gasteiger partial charge in [-0.05, 0) is 53.1 Å². The first-order chi connectivity index (χ1) is 15.7. The molecule has 4 rings (SSSR count). The first-order valence-electron chi connectivity index (χ1n) is 10.3. The zero-order valence-corrected chi connectivity index (χ0v) is 18.0. The fourth-order valence-corrected chi connectivity index (χ4v) is 3.50. The van der Waals surface area contributed by atoms with Crippen LogP contribution in [0, 0.1) is 6.92 Å². The molecule has 32 heavy (non-hydrogen) atoms. The van der Waals surface area contributed by atoms with Crippen LogP contribution in [0.15, 0.2) is 90.0 Å². The van der Waals surface area contributed by atoms with Crippen LogP contribution in [0.2, 0.25) is 0 Å². The number of ether oxygens (including phenoxy) is 2. The molecule has 0 heterocycles. The lowest BCUT2D eigenvalue weighted by atomic mass is 10.1. The average Bonchev–Trinajstić information content (AvgIpc) is 2.83. The summed E-state index contributed by atoms with van der Waals surface area (Å²) in [5, 5.41) is 6.47. The van der Waals surface area contributed by atoms with Crippen molar-refractivity contribution in [1.29, 1.82) is 0 Å². The molecule has 0 atom stereocenters. The Morgan fingerprint density at radius 2 is 1.72 bits per heavy atom. The van der Waals surface area contributed by atoms with Crippen LogP contribution in [0.25, 0.3) is 10.8 Å². The van der Waals surface area contributed by atoms with E-state index in [4.69, 9.17) is 9.47 Å². The van der Waals surface area contributed by atoms with Crippen LogP contribution in [-0.4, -0.2) is 19.2 Å². The highest BCUT2D eigenvalue weighted by atomic mass is 16.5. The van der Waals surface area contributed by atoms with Crippen LogP contribution in [-0.2, 0) is 6.61 Å². The molecule has 5 heteroatoms. The largest absolute Gasteiger partial charge is 0.496 e. The minimum Gasteiger partial charge on any atom is -0.496 e. The molecule has 160 valence electrons. The summed E-state index contributed by atoms with van der Waals surface area (Å²) in [6.45, 7) is 2.37. The lowest BCUT2D eigenvalue weighted by Gasteiger charge is -2.11. The van der Waals surface area contributed by atoms with Crippen LogP contribution in [0.5, 0.6) is 11.5 Å². The molecule has 0 unspecified atom stereocenters. The molecule has 0 aliphatic heterocycles. The topological polar surface area (TPSA) is 59.9 Å². The third kappa shape index (κ3) is 4.78. The van der Waals surface area contributed by atoms with Gasteiger partial charge in [0.1, 0.15) is 18.1 Å². The molecule has 0 radical (unpaired) electrons. The standard InChI is InChI=1S/C27H24N2O3/c1-19-14-15-24(26(16-19)31-2)27(30)29-28-17-21-9-4-6-13-25(21)32-18-22-11-7-10-20-8-3-5-12-23(20)22/h3-17H,18H2,1-2H3,(H,29,30)/b28-17-. The first-order valence-corrected chi connectivity index (χ1v) is 10.3. The zero-order valence-electron chi connectivity index (χ0n) is 18.0. The van der Waals surface area contributed by atoms with Crippen LogP contribution in [0.4, 0.5) is 0 Å². The molecule has 0 spiro atoms. The summed E-state index contributed by atoms with van der Waals surface area (Å²) in [6, 6.07) is 27.4. The van der Waals surface area contributed by atoms with Crippen molar-refractivity contribution in [3.8, 4) is 11.5 Å². The van der Waals surface area contributed by atoms with Gasteiger partial charge in [0.15, 0.2) is 0 Å². The number of para-hydroxylation sites is 1. The Balaban J connectivity index is 1.47. The van der Waals surface area contributed by atoms with Gasteiger partial charge in [-0.1, -0.05) is 60.7 Å². The van der Waals surface area contributed by atoms with E-state index in [1.54, 1.807) is 19.4 Å². The van der Waals surface area contributed by atoms with E-state index >= 15 is 0 Å². The lowest BCUT2D eigenvalue weighted by Crippen LogP contribution is -2.18. The van der Waals surface area contributed by atoms with E-state index in [0.717, 1.165) is 16.7 Å². The quantitative estimate of drug-likeness (QED) is 0.315. The van der Waals surface area contributed by atoms with E-state index in [1.165, 1.54) is 10.8 Å². The molecule has 0 saturated carbocycles. The Morgan fingerprint density at radius 1 is 0.938 bits per heavy atom. The van der Waals surface area contributed by atoms with Gasteiger partial charge in [-0.25, -0.2) is 5.43 Å². The maximum absolute atomic E-state index is 12.5. The number of carbonyl (C=O) groups excluding carboxylic acids is 1. The van der Waals surface area contributed by atoms with Crippen LogP contribution in [0.3, 0.4) is 0 Å². The number of hydrogen-bond donors (Lipinski definition) is 1. The summed E-state index contributed by atoms with van der Waals surface area (Å²) in [6.07, 6.45) is 1.58. The number of nitrogens with one attached hydrogen (secondary N) is 1. The number of amides is 1. The van der Waals surface area contributed by atoms with Gasteiger partial charge in [0, 0.05) is 5.56 Å². The van der Waals surface area contributed by atoms with Gasteiger partial charge in [-0.15, -0.1) is 0 Å². The number of rotatable bonds is 7. The molecular formula is C27H24N2O3. The van der Waals surface area contributed by atoms with Crippen molar-refractivity contribution in [2.45, 2.75) is 13.5 Å². The smallest absolute Gasteiger partial charge is 0.275 e. The van der Waals surface area contributed by atoms with Crippen LogP contribution >= 0.6 is 0 Å². The minimum absolute atomic E-state index is 0.341. The second kappa shape index (κ2) is 9.79. The second-order valence-electron chi connectivity index (χ2n) is 7.37. The number of hydrazone groups is 1. The molecule has 1 amide bonds.